The van der Waals surface area contributed by atoms with Crippen molar-refractivity contribution in [1.29, 1.82) is 0 Å². The molecule has 1 atom stereocenters. The van der Waals surface area contributed by atoms with Crippen molar-refractivity contribution >= 4 is 11.6 Å². The minimum atomic E-state index is -0.195. The molecule has 3 nitrogen and oxygen atoms in total. The molecule has 0 spiro atoms. The number of halogens is 1. The number of nitrogens with one attached hydrogen (secondary N) is 1. The van der Waals surface area contributed by atoms with E-state index in [2.05, 4.69) is 5.32 Å². The molecule has 1 aromatic carbocycles. The summed E-state index contributed by atoms with van der Waals surface area (Å²) in [7, 11) is 0. The maximum Gasteiger partial charge on any atom is 0.244 e. The van der Waals surface area contributed by atoms with E-state index in [1.807, 2.05) is 6.07 Å². The minimum Gasteiger partial charge on any atom is -0.310 e. The molecule has 0 bridgehead atoms. The van der Waals surface area contributed by atoms with Gasteiger partial charge < -0.3 is 10.2 Å². The van der Waals surface area contributed by atoms with Crippen LogP contribution in [0.1, 0.15) is 24.8 Å². The van der Waals surface area contributed by atoms with Crippen LogP contribution in [0.15, 0.2) is 18.2 Å². The summed E-state index contributed by atoms with van der Waals surface area (Å²) in [6.45, 7) is 1.51. The molecule has 1 saturated heterocycles. The molecular formula is C14H17FN2O. The molecule has 0 saturated carbocycles. The average molecular weight is 248 g/mol. The topological polar surface area (TPSA) is 32.3 Å². The van der Waals surface area contributed by atoms with Crippen LogP contribution in [0.2, 0.25) is 0 Å². The summed E-state index contributed by atoms with van der Waals surface area (Å²) in [5.74, 6) is -0.0987. The van der Waals surface area contributed by atoms with E-state index >= 15 is 0 Å². The van der Waals surface area contributed by atoms with Gasteiger partial charge in [-0.2, -0.15) is 0 Å². The highest BCUT2D eigenvalue weighted by Crippen LogP contribution is 2.30. The second-order valence-electron chi connectivity index (χ2n) is 4.98. The number of carbonyl (C=O) groups is 1. The van der Waals surface area contributed by atoms with E-state index in [4.69, 9.17) is 0 Å². The first-order chi connectivity index (χ1) is 8.77. The fourth-order valence-electron chi connectivity index (χ4n) is 2.87. The van der Waals surface area contributed by atoms with Gasteiger partial charge >= 0.3 is 0 Å². The normalized spacial score (nSPS) is 22.9. The molecule has 2 heterocycles. The summed E-state index contributed by atoms with van der Waals surface area (Å²) in [5.41, 5.74) is 1.44. The first-order valence-electron chi connectivity index (χ1n) is 6.59. The number of anilines is 1. The molecule has 1 aromatic rings. The monoisotopic (exact) mass is 248 g/mol. The van der Waals surface area contributed by atoms with Crippen molar-refractivity contribution in [3.63, 3.8) is 0 Å². The second kappa shape index (κ2) is 4.69. The van der Waals surface area contributed by atoms with Crippen LogP contribution in [-0.2, 0) is 11.2 Å². The van der Waals surface area contributed by atoms with Crippen molar-refractivity contribution in [2.75, 3.05) is 18.0 Å². The molecule has 96 valence electrons. The van der Waals surface area contributed by atoms with Crippen LogP contribution in [0.3, 0.4) is 0 Å². The zero-order chi connectivity index (χ0) is 12.5. The molecule has 0 aliphatic carbocycles. The molecule has 1 unspecified atom stereocenters. The van der Waals surface area contributed by atoms with Gasteiger partial charge in [-0.25, -0.2) is 4.39 Å². The molecule has 4 heteroatoms. The summed E-state index contributed by atoms with van der Waals surface area (Å²) in [4.78, 5) is 14.2. The van der Waals surface area contributed by atoms with Crippen LogP contribution in [0.25, 0.3) is 0 Å². The van der Waals surface area contributed by atoms with E-state index in [1.165, 1.54) is 6.07 Å². The summed E-state index contributed by atoms with van der Waals surface area (Å²) < 4.78 is 13.6. The van der Waals surface area contributed by atoms with E-state index < -0.39 is 0 Å². The number of rotatable bonds is 1. The second-order valence-corrected chi connectivity index (χ2v) is 4.98. The number of fused-ring (bicyclic) bond motifs is 1. The largest absolute Gasteiger partial charge is 0.310 e. The standard InChI is InChI=1S/C14H17FN2O/c15-11-4-3-6-13-10(11)7-9-17(13)14(18)12-5-1-2-8-16-12/h3-4,6,12,16H,1-2,5,7-9H2. The highest BCUT2D eigenvalue weighted by atomic mass is 19.1. The molecule has 0 aromatic heterocycles. The first-order valence-corrected chi connectivity index (χ1v) is 6.59. The molecule has 0 radical (unpaired) electrons. The highest BCUT2D eigenvalue weighted by molar-refractivity contribution is 5.99. The van der Waals surface area contributed by atoms with Gasteiger partial charge in [0.1, 0.15) is 5.82 Å². The number of benzene rings is 1. The van der Waals surface area contributed by atoms with E-state index in [-0.39, 0.29) is 17.8 Å². The lowest BCUT2D eigenvalue weighted by Gasteiger charge is -2.27. The molecule has 1 N–H and O–H groups in total. The van der Waals surface area contributed by atoms with Crippen molar-refractivity contribution in [1.82, 2.24) is 5.32 Å². The van der Waals surface area contributed by atoms with Gasteiger partial charge in [0.15, 0.2) is 0 Å². The molecule has 2 aliphatic heterocycles. The number of piperidine rings is 1. The predicted molar refractivity (Wildman–Crippen MR) is 68.1 cm³/mol. The summed E-state index contributed by atoms with van der Waals surface area (Å²) in [6.07, 6.45) is 3.74. The Morgan fingerprint density at radius 1 is 1.39 bits per heavy atom. The summed E-state index contributed by atoms with van der Waals surface area (Å²) in [6, 6.07) is 4.89. The molecule has 18 heavy (non-hydrogen) atoms. The van der Waals surface area contributed by atoms with Gasteiger partial charge in [0.05, 0.1) is 6.04 Å². The lowest BCUT2D eigenvalue weighted by molar-refractivity contribution is -0.121. The Kier molecular flexibility index (Phi) is 3.04. The van der Waals surface area contributed by atoms with Crippen LogP contribution in [0.5, 0.6) is 0 Å². The van der Waals surface area contributed by atoms with E-state index in [0.29, 0.717) is 18.5 Å². The Morgan fingerprint density at radius 2 is 2.28 bits per heavy atom. The van der Waals surface area contributed by atoms with Gasteiger partial charge in [0, 0.05) is 17.8 Å². The maximum absolute atomic E-state index is 13.6. The predicted octanol–water partition coefficient (Wildman–Crippen LogP) is 1.86. The zero-order valence-corrected chi connectivity index (χ0v) is 10.3. The van der Waals surface area contributed by atoms with Gasteiger partial charge in [0.2, 0.25) is 5.91 Å². The van der Waals surface area contributed by atoms with Crippen LogP contribution in [0.4, 0.5) is 10.1 Å². The average Bonchev–Trinajstić information content (AvgIpc) is 2.84. The van der Waals surface area contributed by atoms with E-state index in [9.17, 15) is 9.18 Å². The number of nitrogens with zero attached hydrogens (tertiary/aromatic N) is 1. The number of hydrogen-bond acceptors (Lipinski definition) is 2. The Bertz CT molecular complexity index is 469. The third-order valence-electron chi connectivity index (χ3n) is 3.84. The van der Waals surface area contributed by atoms with Gasteiger partial charge in [-0.3, -0.25) is 4.79 Å². The Balaban J connectivity index is 1.83. The van der Waals surface area contributed by atoms with E-state index in [0.717, 1.165) is 31.5 Å². The van der Waals surface area contributed by atoms with Crippen LogP contribution in [-0.4, -0.2) is 25.0 Å². The Hall–Kier alpha value is -1.42. The van der Waals surface area contributed by atoms with Crippen LogP contribution >= 0.6 is 0 Å². The molecule has 1 amide bonds. The fraction of sp³-hybridized carbons (Fsp3) is 0.500. The smallest absolute Gasteiger partial charge is 0.244 e. The van der Waals surface area contributed by atoms with Gasteiger partial charge in [0.25, 0.3) is 0 Å². The van der Waals surface area contributed by atoms with Crippen molar-refractivity contribution in [3.05, 3.63) is 29.6 Å². The number of carbonyl (C=O) groups excluding carboxylic acids is 1. The molecular weight excluding hydrogens is 231 g/mol. The molecule has 2 aliphatic rings. The van der Waals surface area contributed by atoms with Crippen LogP contribution < -0.4 is 10.2 Å². The minimum absolute atomic E-state index is 0.0898. The lowest BCUT2D eigenvalue weighted by Crippen LogP contribution is -2.48. The van der Waals surface area contributed by atoms with Gasteiger partial charge in [-0.05, 0) is 37.9 Å². The third-order valence-corrected chi connectivity index (χ3v) is 3.84. The summed E-state index contributed by atoms with van der Waals surface area (Å²) in [5, 5.41) is 3.26. The number of hydrogen-bond donors (Lipinski definition) is 1. The maximum atomic E-state index is 13.6. The first kappa shape index (κ1) is 11.7. The fourth-order valence-corrected chi connectivity index (χ4v) is 2.87. The Morgan fingerprint density at radius 3 is 3.06 bits per heavy atom. The third kappa shape index (κ3) is 1.90. The summed E-state index contributed by atoms with van der Waals surface area (Å²) >= 11 is 0. The van der Waals surface area contributed by atoms with Crippen LogP contribution in [0, 0.1) is 5.82 Å². The molecule has 1 fully saturated rings. The SMILES string of the molecule is O=C(C1CCCCN1)N1CCc2c(F)cccc21. The van der Waals surface area contributed by atoms with E-state index in [1.54, 1.807) is 11.0 Å². The van der Waals surface area contributed by atoms with Crippen molar-refractivity contribution in [2.24, 2.45) is 0 Å². The van der Waals surface area contributed by atoms with Crippen molar-refractivity contribution in [3.8, 4) is 0 Å². The zero-order valence-electron chi connectivity index (χ0n) is 10.3. The lowest BCUT2D eigenvalue weighted by atomic mass is 10.0. The van der Waals surface area contributed by atoms with Gasteiger partial charge in [-0.1, -0.05) is 12.5 Å². The highest BCUT2D eigenvalue weighted by Gasteiger charge is 2.31. The quantitative estimate of drug-likeness (QED) is 0.822. The van der Waals surface area contributed by atoms with Crippen molar-refractivity contribution < 1.29 is 9.18 Å². The van der Waals surface area contributed by atoms with Gasteiger partial charge in [-0.15, -0.1) is 0 Å². The Labute approximate surface area is 106 Å². The number of amides is 1. The molecule has 3 rings (SSSR count). The van der Waals surface area contributed by atoms with Crippen molar-refractivity contribution in [2.45, 2.75) is 31.7 Å².